The molecule has 0 fully saturated rings. The molecule has 0 amide bonds. The Morgan fingerprint density at radius 2 is 2.50 bits per heavy atom. The molecule has 1 N–H and O–H groups in total. The van der Waals surface area contributed by atoms with Crippen molar-refractivity contribution in [2.24, 2.45) is 4.99 Å². The highest BCUT2D eigenvalue weighted by Crippen LogP contribution is 1.51. The largest absolute Gasteiger partial charge is 0.355 e. The first-order valence-corrected chi connectivity index (χ1v) is 1.92. The van der Waals surface area contributed by atoms with Gasteiger partial charge in [-0.05, 0) is 0 Å². The van der Waals surface area contributed by atoms with E-state index in [0.717, 1.165) is 0 Å². The monoisotopic (exact) mass is 106 g/mol. The van der Waals surface area contributed by atoms with Gasteiger partial charge in [0.2, 0.25) is 6.19 Å². The van der Waals surface area contributed by atoms with Crippen LogP contribution in [0, 0.1) is 23.8 Å². The Morgan fingerprint density at radius 1 is 1.75 bits per heavy atom. The van der Waals surface area contributed by atoms with Crippen LogP contribution in [-0.2, 0) is 0 Å². The molecule has 39 valence electrons. The number of nitrogens with zero attached hydrogens (tertiary/aromatic N) is 2. The Morgan fingerprint density at radius 3 is 3.00 bits per heavy atom. The van der Waals surface area contributed by atoms with E-state index >= 15 is 0 Å². The summed E-state index contributed by atoms with van der Waals surface area (Å²) in [6.45, 7) is 0.352. The lowest BCUT2D eigenvalue weighted by Crippen LogP contribution is -2.09. The number of hydrogen-bond donors (Lipinski definition) is 1. The molecular weight excluding hydrogens is 102 g/mol. The van der Waals surface area contributed by atoms with E-state index in [-0.39, 0.29) is 0 Å². The fourth-order valence-electron chi connectivity index (χ4n) is 0.155. The molecule has 8 heavy (non-hydrogen) atoms. The van der Waals surface area contributed by atoms with E-state index in [0.29, 0.717) is 6.54 Å². The summed E-state index contributed by atoms with van der Waals surface area (Å²) in [5, 5.41) is 10.3. The maximum absolute atomic E-state index is 7.79. The maximum atomic E-state index is 7.79. The lowest BCUT2D eigenvalue weighted by molar-refractivity contribution is 1.10. The van der Waals surface area contributed by atoms with Crippen LogP contribution in [-0.4, -0.2) is 12.9 Å². The van der Waals surface area contributed by atoms with E-state index in [1.165, 1.54) is 6.19 Å². The summed E-state index contributed by atoms with van der Waals surface area (Å²) in [6.07, 6.45) is 8.55. The minimum Gasteiger partial charge on any atom is -0.355 e. The van der Waals surface area contributed by atoms with Crippen molar-refractivity contribution in [3.8, 4) is 18.5 Å². The van der Waals surface area contributed by atoms with Crippen LogP contribution < -0.4 is 5.32 Å². The third kappa shape index (κ3) is 4.52. The van der Waals surface area contributed by atoms with Gasteiger partial charge in [-0.1, -0.05) is 5.92 Å². The second-order valence-corrected chi connectivity index (χ2v) is 0.881. The van der Waals surface area contributed by atoms with Gasteiger partial charge in [0, 0.05) is 0 Å². The van der Waals surface area contributed by atoms with Crippen molar-refractivity contribution in [3.63, 3.8) is 0 Å². The van der Waals surface area contributed by atoms with Gasteiger partial charge in [0.25, 0.3) is 0 Å². The van der Waals surface area contributed by atoms with Crippen LogP contribution in [0.25, 0.3) is 0 Å². The van der Waals surface area contributed by atoms with Gasteiger partial charge in [-0.15, -0.1) is 6.42 Å². The predicted molar refractivity (Wildman–Crippen MR) is 29.9 cm³/mol. The summed E-state index contributed by atoms with van der Waals surface area (Å²) in [6, 6.07) is 0. The normalized spacial score (nSPS) is 7.75. The van der Waals surface area contributed by atoms with Crippen LogP contribution in [0.1, 0.15) is 0 Å². The lowest BCUT2D eigenvalue weighted by Gasteiger charge is -1.81. The van der Waals surface area contributed by atoms with E-state index in [2.05, 4.69) is 22.6 Å². The van der Waals surface area contributed by atoms with Gasteiger partial charge in [-0.3, -0.25) is 0 Å². The Kier molecular flexibility index (Phi) is 4.50. The molecule has 3 heteroatoms. The molecule has 0 rings (SSSR count). The molecule has 0 saturated carbocycles. The summed E-state index contributed by atoms with van der Waals surface area (Å²) < 4.78 is 0. The standard InChI is InChI=1S/C5H4N3/c1-2-3-7-5-8-4-6/h1H,3H2,(H,7,8). The molecule has 3 nitrogen and oxygen atoms in total. The predicted octanol–water partition coefficient (Wildman–Crippen LogP) is -0.404. The average molecular weight is 106 g/mol. The van der Waals surface area contributed by atoms with Gasteiger partial charge in [0.05, 0.1) is 6.54 Å². The summed E-state index contributed by atoms with van der Waals surface area (Å²) in [4.78, 5) is 3.06. The molecule has 0 spiro atoms. The summed E-state index contributed by atoms with van der Waals surface area (Å²) in [5.41, 5.74) is 0. The fraction of sp³-hybridized carbons (Fsp3) is 0.200. The Labute approximate surface area is 48.0 Å². The second-order valence-electron chi connectivity index (χ2n) is 0.881. The molecule has 0 aromatic carbocycles. The van der Waals surface area contributed by atoms with Crippen LogP contribution >= 0.6 is 0 Å². The molecule has 0 aliphatic carbocycles. The Hall–Kier alpha value is -1.48. The first-order valence-electron chi connectivity index (χ1n) is 1.92. The van der Waals surface area contributed by atoms with E-state index < -0.39 is 0 Å². The molecule has 0 atom stereocenters. The average Bonchev–Trinajstić information content (AvgIpc) is 1.81. The SMILES string of the molecule is C#CCN/[C]=N/C#N. The summed E-state index contributed by atoms with van der Waals surface area (Å²) >= 11 is 0. The molecule has 0 heterocycles. The van der Waals surface area contributed by atoms with Gasteiger partial charge in [-0.25, -0.2) is 0 Å². The zero-order valence-electron chi connectivity index (χ0n) is 4.18. The van der Waals surface area contributed by atoms with Gasteiger partial charge in [0.1, 0.15) is 0 Å². The highest BCUT2D eigenvalue weighted by Gasteiger charge is 1.68. The third-order valence-corrected chi connectivity index (χ3v) is 0.375. The van der Waals surface area contributed by atoms with Crippen LogP contribution in [0.5, 0.6) is 0 Å². The lowest BCUT2D eigenvalue weighted by atomic mass is 10.7. The van der Waals surface area contributed by atoms with Crippen molar-refractivity contribution in [2.75, 3.05) is 6.54 Å². The van der Waals surface area contributed by atoms with Crippen LogP contribution in [0.3, 0.4) is 0 Å². The fourth-order valence-corrected chi connectivity index (χ4v) is 0.155. The minimum absolute atomic E-state index is 0.352. The first-order chi connectivity index (χ1) is 3.91. The van der Waals surface area contributed by atoms with Gasteiger partial charge >= 0.3 is 0 Å². The highest BCUT2D eigenvalue weighted by molar-refractivity contribution is 5.55. The zero-order chi connectivity index (χ0) is 6.24. The summed E-state index contributed by atoms with van der Waals surface area (Å²) in [5.74, 6) is 2.28. The molecule has 0 unspecified atom stereocenters. The molecule has 0 bridgehead atoms. The van der Waals surface area contributed by atoms with Crippen LogP contribution in [0.2, 0.25) is 0 Å². The van der Waals surface area contributed by atoms with E-state index in [9.17, 15) is 0 Å². The van der Waals surface area contributed by atoms with Crippen LogP contribution in [0.15, 0.2) is 4.99 Å². The van der Waals surface area contributed by atoms with Crippen molar-refractivity contribution >= 4 is 6.34 Å². The minimum atomic E-state index is 0.352. The van der Waals surface area contributed by atoms with Crippen molar-refractivity contribution in [2.45, 2.75) is 0 Å². The van der Waals surface area contributed by atoms with Gasteiger partial charge in [0.15, 0.2) is 6.34 Å². The quantitative estimate of drug-likeness (QED) is 0.130. The number of nitrogens with one attached hydrogen (secondary N) is 1. The topological polar surface area (TPSA) is 48.2 Å². The van der Waals surface area contributed by atoms with E-state index in [4.69, 9.17) is 11.7 Å². The molecule has 1 radical (unpaired) electrons. The number of aliphatic imine (C=N–C) groups is 1. The van der Waals surface area contributed by atoms with Gasteiger partial charge in [-0.2, -0.15) is 10.3 Å². The molecule has 0 saturated heterocycles. The number of nitriles is 1. The second kappa shape index (κ2) is 5.52. The summed E-state index contributed by atoms with van der Waals surface area (Å²) in [7, 11) is 0. The van der Waals surface area contributed by atoms with E-state index in [1.54, 1.807) is 0 Å². The highest BCUT2D eigenvalue weighted by atomic mass is 14.9. The number of hydrogen-bond acceptors (Lipinski definition) is 2. The van der Waals surface area contributed by atoms with Crippen molar-refractivity contribution < 1.29 is 0 Å². The molecule has 0 aromatic heterocycles. The first kappa shape index (κ1) is 6.52. The molecule has 0 aromatic rings. The Bertz CT molecular complexity index is 146. The molecule has 0 aliphatic heterocycles. The number of rotatable bonds is 2. The van der Waals surface area contributed by atoms with E-state index in [1.807, 2.05) is 0 Å². The third-order valence-electron chi connectivity index (χ3n) is 0.375. The molecular formula is C5H4N3. The zero-order valence-corrected chi connectivity index (χ0v) is 4.18. The van der Waals surface area contributed by atoms with Crippen molar-refractivity contribution in [1.29, 1.82) is 5.26 Å². The van der Waals surface area contributed by atoms with Crippen molar-refractivity contribution in [1.82, 2.24) is 5.32 Å². The van der Waals surface area contributed by atoms with Crippen molar-refractivity contribution in [3.05, 3.63) is 0 Å². The smallest absolute Gasteiger partial charge is 0.207 e. The Balaban J connectivity index is 3.10. The number of terminal acetylenes is 1. The van der Waals surface area contributed by atoms with Gasteiger partial charge < -0.3 is 5.32 Å². The maximum Gasteiger partial charge on any atom is 0.207 e. The molecule has 0 aliphatic rings. The van der Waals surface area contributed by atoms with Crippen LogP contribution in [0.4, 0.5) is 0 Å².